The van der Waals surface area contributed by atoms with Crippen molar-refractivity contribution >= 4 is 23.2 Å². The molecule has 0 radical (unpaired) electrons. The number of aromatic nitrogens is 1. The molecule has 0 bridgehead atoms. The summed E-state index contributed by atoms with van der Waals surface area (Å²) < 4.78 is 0. The van der Waals surface area contributed by atoms with Crippen LogP contribution in [0.3, 0.4) is 0 Å². The lowest BCUT2D eigenvalue weighted by Crippen LogP contribution is -2.36. The van der Waals surface area contributed by atoms with Crippen LogP contribution >= 0.6 is 0 Å². The van der Waals surface area contributed by atoms with Crippen LogP contribution in [-0.2, 0) is 11.2 Å². The topological polar surface area (TPSA) is 62.3 Å². The Hall–Kier alpha value is -2.69. The summed E-state index contributed by atoms with van der Waals surface area (Å²) in [4.78, 5) is 30.6. The van der Waals surface area contributed by atoms with Gasteiger partial charge in [0.25, 0.3) is 5.91 Å². The standard InChI is InChI=1S/C19H19N3O2/c23-18(14-7-9-20-10-8-14)21-16-6-5-13-2-1-11-22(17(13)12-16)19(24)15-3-4-15/h5-10,12,15H,1-4,11H2,(H,21,23). The highest BCUT2D eigenvalue weighted by Crippen LogP contribution is 2.36. The Labute approximate surface area is 140 Å². The van der Waals surface area contributed by atoms with Crippen molar-refractivity contribution < 1.29 is 9.59 Å². The van der Waals surface area contributed by atoms with Crippen LogP contribution in [0.4, 0.5) is 11.4 Å². The molecule has 5 nitrogen and oxygen atoms in total. The van der Waals surface area contributed by atoms with Crippen LogP contribution in [0.1, 0.15) is 35.2 Å². The molecule has 1 N–H and O–H groups in total. The van der Waals surface area contributed by atoms with Gasteiger partial charge in [-0.15, -0.1) is 0 Å². The van der Waals surface area contributed by atoms with Gasteiger partial charge in [0.2, 0.25) is 5.91 Å². The second kappa shape index (κ2) is 6.07. The monoisotopic (exact) mass is 321 g/mol. The Morgan fingerprint density at radius 2 is 1.92 bits per heavy atom. The minimum Gasteiger partial charge on any atom is -0.322 e. The first-order chi connectivity index (χ1) is 11.7. The fraction of sp³-hybridized carbons (Fsp3) is 0.316. The SMILES string of the molecule is O=C(Nc1ccc2c(c1)N(C(=O)C1CC1)CCC2)c1ccncc1. The number of carbonyl (C=O) groups is 2. The largest absolute Gasteiger partial charge is 0.322 e. The van der Waals surface area contributed by atoms with Crippen LogP contribution in [-0.4, -0.2) is 23.3 Å². The zero-order valence-corrected chi connectivity index (χ0v) is 13.4. The maximum atomic E-state index is 12.5. The van der Waals surface area contributed by atoms with E-state index in [1.165, 1.54) is 5.56 Å². The van der Waals surface area contributed by atoms with Gasteiger partial charge in [-0.3, -0.25) is 14.6 Å². The molecule has 0 atom stereocenters. The summed E-state index contributed by atoms with van der Waals surface area (Å²) in [6, 6.07) is 9.20. The summed E-state index contributed by atoms with van der Waals surface area (Å²) in [6.07, 6.45) is 7.17. The average Bonchev–Trinajstić information content (AvgIpc) is 3.46. The molecule has 2 amide bonds. The summed E-state index contributed by atoms with van der Waals surface area (Å²) in [7, 11) is 0. The van der Waals surface area contributed by atoms with Crippen LogP contribution in [0, 0.1) is 5.92 Å². The third kappa shape index (κ3) is 2.89. The van der Waals surface area contributed by atoms with E-state index in [4.69, 9.17) is 0 Å². The maximum absolute atomic E-state index is 12.5. The molecule has 1 aromatic carbocycles. The summed E-state index contributed by atoms with van der Waals surface area (Å²) in [5.74, 6) is 0.257. The lowest BCUT2D eigenvalue weighted by atomic mass is 10.0. The van der Waals surface area contributed by atoms with Crippen LogP contribution in [0.2, 0.25) is 0 Å². The Morgan fingerprint density at radius 3 is 2.67 bits per heavy atom. The fourth-order valence-electron chi connectivity index (χ4n) is 3.14. The van der Waals surface area contributed by atoms with Gasteiger partial charge in [0.15, 0.2) is 0 Å². The zero-order valence-electron chi connectivity index (χ0n) is 13.4. The van der Waals surface area contributed by atoms with Crippen molar-refractivity contribution in [3.05, 3.63) is 53.9 Å². The second-order valence-corrected chi connectivity index (χ2v) is 6.40. The number of benzene rings is 1. The summed E-state index contributed by atoms with van der Waals surface area (Å²) in [5, 5.41) is 2.91. The normalized spacial score (nSPS) is 16.4. The van der Waals surface area contributed by atoms with Crippen molar-refractivity contribution in [3.63, 3.8) is 0 Å². The molecular weight excluding hydrogens is 302 g/mol. The van der Waals surface area contributed by atoms with Gasteiger partial charge in [0.05, 0.1) is 0 Å². The van der Waals surface area contributed by atoms with Crippen molar-refractivity contribution in [2.45, 2.75) is 25.7 Å². The highest BCUT2D eigenvalue weighted by atomic mass is 16.2. The molecule has 1 saturated carbocycles. The van der Waals surface area contributed by atoms with E-state index in [0.717, 1.165) is 37.9 Å². The van der Waals surface area contributed by atoms with E-state index in [2.05, 4.69) is 10.3 Å². The Kier molecular flexibility index (Phi) is 3.76. The van der Waals surface area contributed by atoms with Gasteiger partial charge in [-0.25, -0.2) is 0 Å². The lowest BCUT2D eigenvalue weighted by molar-refractivity contribution is -0.119. The molecule has 2 aliphatic rings. The number of anilines is 2. The second-order valence-electron chi connectivity index (χ2n) is 6.40. The number of carbonyl (C=O) groups excluding carboxylic acids is 2. The van der Waals surface area contributed by atoms with Gasteiger partial charge in [-0.05, 0) is 55.5 Å². The molecule has 1 aliphatic heterocycles. The van der Waals surface area contributed by atoms with Crippen LogP contribution in [0.5, 0.6) is 0 Å². The number of amides is 2. The Bertz CT molecular complexity index is 784. The number of hydrogen-bond donors (Lipinski definition) is 1. The number of pyridine rings is 1. The zero-order chi connectivity index (χ0) is 16.5. The quantitative estimate of drug-likeness (QED) is 0.945. The molecule has 1 aromatic heterocycles. The van der Waals surface area contributed by atoms with Crippen LogP contribution in [0.25, 0.3) is 0 Å². The maximum Gasteiger partial charge on any atom is 0.255 e. The van der Waals surface area contributed by atoms with Gasteiger partial charge in [-0.1, -0.05) is 6.07 Å². The van der Waals surface area contributed by atoms with E-state index >= 15 is 0 Å². The van der Waals surface area contributed by atoms with Crippen LogP contribution in [0.15, 0.2) is 42.7 Å². The van der Waals surface area contributed by atoms with E-state index in [9.17, 15) is 9.59 Å². The van der Waals surface area contributed by atoms with Gasteiger partial charge in [-0.2, -0.15) is 0 Å². The van der Waals surface area contributed by atoms with Crippen molar-refractivity contribution in [2.24, 2.45) is 5.92 Å². The minimum atomic E-state index is -0.173. The summed E-state index contributed by atoms with van der Waals surface area (Å²) in [6.45, 7) is 0.768. The number of hydrogen-bond acceptors (Lipinski definition) is 3. The first-order valence-electron chi connectivity index (χ1n) is 8.38. The van der Waals surface area contributed by atoms with Gasteiger partial charge in [0.1, 0.15) is 0 Å². The van der Waals surface area contributed by atoms with E-state index in [0.29, 0.717) is 11.3 Å². The fourth-order valence-corrected chi connectivity index (χ4v) is 3.14. The third-order valence-corrected chi connectivity index (χ3v) is 4.60. The molecule has 4 rings (SSSR count). The highest BCUT2D eigenvalue weighted by molar-refractivity contribution is 6.05. The van der Waals surface area contributed by atoms with E-state index in [1.54, 1.807) is 24.5 Å². The molecule has 2 aromatic rings. The first kappa shape index (κ1) is 14.9. The third-order valence-electron chi connectivity index (χ3n) is 4.60. The van der Waals surface area contributed by atoms with E-state index in [1.807, 2.05) is 23.1 Å². The number of nitrogens with zero attached hydrogens (tertiary/aromatic N) is 2. The molecule has 1 aliphatic carbocycles. The molecule has 0 unspecified atom stereocenters. The molecule has 5 heteroatoms. The number of rotatable bonds is 3. The van der Waals surface area contributed by atoms with Crippen molar-refractivity contribution in [3.8, 4) is 0 Å². The molecule has 122 valence electrons. The lowest BCUT2D eigenvalue weighted by Gasteiger charge is -2.30. The minimum absolute atomic E-state index is 0.173. The van der Waals surface area contributed by atoms with E-state index in [-0.39, 0.29) is 17.7 Å². The Balaban J connectivity index is 1.58. The van der Waals surface area contributed by atoms with Crippen molar-refractivity contribution in [1.82, 2.24) is 4.98 Å². The molecule has 1 fully saturated rings. The summed E-state index contributed by atoms with van der Waals surface area (Å²) >= 11 is 0. The predicted octanol–water partition coefficient (Wildman–Crippen LogP) is 3.02. The number of fused-ring (bicyclic) bond motifs is 1. The van der Waals surface area contributed by atoms with Crippen LogP contribution < -0.4 is 10.2 Å². The smallest absolute Gasteiger partial charge is 0.255 e. The van der Waals surface area contributed by atoms with Gasteiger partial charge in [0, 0.05) is 41.8 Å². The number of aryl methyl sites for hydroxylation is 1. The molecule has 0 spiro atoms. The average molecular weight is 321 g/mol. The molecule has 2 heterocycles. The van der Waals surface area contributed by atoms with Crippen molar-refractivity contribution in [2.75, 3.05) is 16.8 Å². The summed E-state index contributed by atoms with van der Waals surface area (Å²) in [5.41, 5.74) is 3.41. The predicted molar refractivity (Wildman–Crippen MR) is 92.0 cm³/mol. The van der Waals surface area contributed by atoms with Crippen molar-refractivity contribution in [1.29, 1.82) is 0 Å². The Morgan fingerprint density at radius 1 is 1.12 bits per heavy atom. The number of nitrogens with one attached hydrogen (secondary N) is 1. The molecular formula is C19H19N3O2. The molecule has 0 saturated heterocycles. The van der Waals surface area contributed by atoms with E-state index < -0.39 is 0 Å². The van der Waals surface area contributed by atoms with Gasteiger partial charge < -0.3 is 10.2 Å². The van der Waals surface area contributed by atoms with Gasteiger partial charge >= 0.3 is 0 Å². The first-order valence-corrected chi connectivity index (χ1v) is 8.38. The highest BCUT2D eigenvalue weighted by Gasteiger charge is 2.35. The molecule has 24 heavy (non-hydrogen) atoms.